The van der Waals surface area contributed by atoms with E-state index in [4.69, 9.17) is 5.73 Å². The van der Waals surface area contributed by atoms with Crippen molar-refractivity contribution in [3.05, 3.63) is 29.8 Å². The molecule has 1 amide bonds. The summed E-state index contributed by atoms with van der Waals surface area (Å²) < 4.78 is 0. The fourth-order valence-electron chi connectivity index (χ4n) is 2.79. The lowest BCUT2D eigenvalue weighted by Gasteiger charge is -2.34. The number of amides is 1. The Bertz CT molecular complexity index is 438. The van der Waals surface area contributed by atoms with Gasteiger partial charge in [0.2, 0.25) is 5.91 Å². The standard InChI is InChI=1S/C15H22N2O2/c1-11(18)13-4-2-3-5-14(13)17-8-6-12(7-9-17)10-15(16)19/h2-5,11-12,18H,6-10H2,1H3,(H2,16,19)/t11-/m0/s1. The number of nitrogens with two attached hydrogens (primary N) is 1. The Labute approximate surface area is 114 Å². The smallest absolute Gasteiger partial charge is 0.217 e. The molecule has 1 saturated heterocycles. The molecular weight excluding hydrogens is 240 g/mol. The predicted octanol–water partition coefficient (Wildman–Crippen LogP) is 1.83. The molecule has 4 nitrogen and oxygen atoms in total. The van der Waals surface area contributed by atoms with Gasteiger partial charge in [0.25, 0.3) is 0 Å². The molecule has 1 atom stereocenters. The molecule has 0 radical (unpaired) electrons. The fraction of sp³-hybridized carbons (Fsp3) is 0.533. The molecule has 1 aliphatic heterocycles. The van der Waals surface area contributed by atoms with E-state index in [1.54, 1.807) is 6.92 Å². The molecule has 19 heavy (non-hydrogen) atoms. The molecule has 1 aromatic rings. The third-order valence-corrected chi connectivity index (χ3v) is 3.83. The molecule has 3 N–H and O–H groups in total. The summed E-state index contributed by atoms with van der Waals surface area (Å²) in [5, 5.41) is 9.82. The highest BCUT2D eigenvalue weighted by atomic mass is 16.3. The van der Waals surface area contributed by atoms with Crippen LogP contribution >= 0.6 is 0 Å². The Balaban J connectivity index is 2.03. The Morgan fingerprint density at radius 1 is 1.42 bits per heavy atom. The Morgan fingerprint density at radius 3 is 2.63 bits per heavy atom. The van der Waals surface area contributed by atoms with Crippen LogP contribution in [0.3, 0.4) is 0 Å². The van der Waals surface area contributed by atoms with Gasteiger partial charge in [-0.25, -0.2) is 0 Å². The Morgan fingerprint density at radius 2 is 2.05 bits per heavy atom. The van der Waals surface area contributed by atoms with Crippen molar-refractivity contribution in [2.75, 3.05) is 18.0 Å². The van der Waals surface area contributed by atoms with Crippen molar-refractivity contribution in [1.29, 1.82) is 0 Å². The number of rotatable bonds is 4. The van der Waals surface area contributed by atoms with Crippen LogP contribution in [0.25, 0.3) is 0 Å². The maximum absolute atomic E-state index is 10.9. The van der Waals surface area contributed by atoms with Crippen LogP contribution in [0.4, 0.5) is 5.69 Å². The first kappa shape index (κ1) is 13.9. The number of aliphatic hydroxyl groups is 1. The molecule has 0 aromatic heterocycles. The molecule has 0 bridgehead atoms. The number of primary amides is 1. The number of hydrogen-bond donors (Lipinski definition) is 2. The third-order valence-electron chi connectivity index (χ3n) is 3.83. The van der Waals surface area contributed by atoms with Crippen molar-refractivity contribution in [2.45, 2.75) is 32.3 Å². The van der Waals surface area contributed by atoms with Gasteiger partial charge in [-0.05, 0) is 31.7 Å². The number of piperidine rings is 1. The van der Waals surface area contributed by atoms with E-state index in [9.17, 15) is 9.90 Å². The van der Waals surface area contributed by atoms with Crippen LogP contribution in [0.2, 0.25) is 0 Å². The maximum Gasteiger partial charge on any atom is 0.217 e. The van der Waals surface area contributed by atoms with Gasteiger partial charge in [0, 0.05) is 30.8 Å². The number of para-hydroxylation sites is 1. The number of hydrogen-bond acceptors (Lipinski definition) is 3. The number of carbonyl (C=O) groups is 1. The Hall–Kier alpha value is -1.55. The van der Waals surface area contributed by atoms with Crippen LogP contribution in [0.15, 0.2) is 24.3 Å². The minimum Gasteiger partial charge on any atom is -0.389 e. The zero-order valence-corrected chi connectivity index (χ0v) is 11.4. The van der Waals surface area contributed by atoms with E-state index >= 15 is 0 Å². The van der Waals surface area contributed by atoms with Crippen LogP contribution < -0.4 is 10.6 Å². The van der Waals surface area contributed by atoms with Gasteiger partial charge in [-0.15, -0.1) is 0 Å². The highest BCUT2D eigenvalue weighted by Crippen LogP contribution is 2.30. The molecule has 0 saturated carbocycles. The first-order valence-electron chi connectivity index (χ1n) is 6.88. The van der Waals surface area contributed by atoms with Gasteiger partial charge < -0.3 is 15.7 Å². The number of aliphatic hydroxyl groups excluding tert-OH is 1. The average molecular weight is 262 g/mol. The average Bonchev–Trinajstić information content (AvgIpc) is 2.39. The second-order valence-corrected chi connectivity index (χ2v) is 5.34. The number of anilines is 1. The highest BCUT2D eigenvalue weighted by molar-refractivity contribution is 5.74. The quantitative estimate of drug-likeness (QED) is 0.870. The highest BCUT2D eigenvalue weighted by Gasteiger charge is 2.22. The lowest BCUT2D eigenvalue weighted by atomic mass is 9.92. The van der Waals surface area contributed by atoms with E-state index in [-0.39, 0.29) is 5.91 Å². The van der Waals surface area contributed by atoms with Crippen molar-refractivity contribution >= 4 is 11.6 Å². The van der Waals surface area contributed by atoms with Crippen LogP contribution in [0, 0.1) is 5.92 Å². The van der Waals surface area contributed by atoms with Gasteiger partial charge in [-0.2, -0.15) is 0 Å². The molecule has 0 spiro atoms. The van der Waals surface area contributed by atoms with Crippen molar-refractivity contribution in [1.82, 2.24) is 0 Å². The lowest BCUT2D eigenvalue weighted by molar-refractivity contribution is -0.119. The second kappa shape index (κ2) is 6.06. The number of benzene rings is 1. The summed E-state index contributed by atoms with van der Waals surface area (Å²) in [7, 11) is 0. The van der Waals surface area contributed by atoms with Crippen LogP contribution in [0.1, 0.15) is 37.9 Å². The van der Waals surface area contributed by atoms with Gasteiger partial charge in [-0.3, -0.25) is 4.79 Å². The predicted molar refractivity (Wildman–Crippen MR) is 75.8 cm³/mol. The molecular formula is C15H22N2O2. The van der Waals surface area contributed by atoms with E-state index in [0.29, 0.717) is 12.3 Å². The van der Waals surface area contributed by atoms with E-state index in [2.05, 4.69) is 11.0 Å². The van der Waals surface area contributed by atoms with Gasteiger partial charge in [0.05, 0.1) is 6.10 Å². The number of nitrogens with zero attached hydrogens (tertiary/aromatic N) is 1. The summed E-state index contributed by atoms with van der Waals surface area (Å²) in [5.41, 5.74) is 7.32. The van der Waals surface area contributed by atoms with E-state index in [0.717, 1.165) is 37.2 Å². The summed E-state index contributed by atoms with van der Waals surface area (Å²) in [5.74, 6) is 0.204. The topological polar surface area (TPSA) is 66.6 Å². The van der Waals surface area contributed by atoms with Crippen LogP contribution in [-0.4, -0.2) is 24.1 Å². The van der Waals surface area contributed by atoms with E-state index in [1.165, 1.54) is 0 Å². The lowest BCUT2D eigenvalue weighted by Crippen LogP contribution is -2.35. The molecule has 1 heterocycles. The minimum absolute atomic E-state index is 0.206. The summed E-state index contributed by atoms with van der Waals surface area (Å²) in [6.07, 6.45) is 2.00. The first-order valence-corrected chi connectivity index (χ1v) is 6.88. The van der Waals surface area contributed by atoms with Crippen molar-refractivity contribution in [2.24, 2.45) is 11.7 Å². The van der Waals surface area contributed by atoms with Crippen LogP contribution in [0.5, 0.6) is 0 Å². The van der Waals surface area contributed by atoms with Gasteiger partial charge >= 0.3 is 0 Å². The molecule has 1 fully saturated rings. The molecule has 104 valence electrons. The first-order chi connectivity index (χ1) is 9.08. The van der Waals surface area contributed by atoms with E-state index in [1.807, 2.05) is 18.2 Å². The van der Waals surface area contributed by atoms with E-state index < -0.39 is 6.10 Å². The van der Waals surface area contributed by atoms with Gasteiger partial charge in [-0.1, -0.05) is 18.2 Å². The zero-order valence-electron chi connectivity index (χ0n) is 11.4. The number of carbonyl (C=O) groups excluding carboxylic acids is 1. The fourth-order valence-corrected chi connectivity index (χ4v) is 2.79. The zero-order chi connectivity index (χ0) is 13.8. The summed E-state index contributed by atoms with van der Waals surface area (Å²) in [4.78, 5) is 13.2. The summed E-state index contributed by atoms with van der Waals surface area (Å²) in [6, 6.07) is 7.97. The molecule has 0 unspecified atom stereocenters. The summed E-state index contributed by atoms with van der Waals surface area (Å²) >= 11 is 0. The maximum atomic E-state index is 10.9. The van der Waals surface area contributed by atoms with Crippen molar-refractivity contribution in [3.8, 4) is 0 Å². The van der Waals surface area contributed by atoms with Gasteiger partial charge in [0.15, 0.2) is 0 Å². The molecule has 1 aliphatic rings. The molecule has 1 aromatic carbocycles. The SMILES string of the molecule is C[C@H](O)c1ccccc1N1CCC(CC(N)=O)CC1. The second-order valence-electron chi connectivity index (χ2n) is 5.34. The van der Waals surface area contributed by atoms with Crippen LogP contribution in [-0.2, 0) is 4.79 Å². The van der Waals surface area contributed by atoms with Gasteiger partial charge in [0.1, 0.15) is 0 Å². The Kier molecular flexibility index (Phi) is 4.43. The molecule has 4 heteroatoms. The third kappa shape index (κ3) is 3.47. The minimum atomic E-state index is -0.459. The monoisotopic (exact) mass is 262 g/mol. The largest absolute Gasteiger partial charge is 0.389 e. The summed E-state index contributed by atoms with van der Waals surface area (Å²) in [6.45, 7) is 3.63. The normalized spacial score (nSPS) is 18.3. The molecule has 0 aliphatic carbocycles. The van der Waals surface area contributed by atoms with Crippen molar-refractivity contribution in [3.63, 3.8) is 0 Å². The van der Waals surface area contributed by atoms with Crippen molar-refractivity contribution < 1.29 is 9.90 Å². The molecule has 2 rings (SSSR count).